The van der Waals surface area contributed by atoms with Crippen LogP contribution in [0.2, 0.25) is 0 Å². The zero-order valence-electron chi connectivity index (χ0n) is 14.8. The van der Waals surface area contributed by atoms with Gasteiger partial charge in [0.15, 0.2) is 0 Å². The number of aromatic nitrogens is 1. The van der Waals surface area contributed by atoms with Crippen molar-refractivity contribution >= 4 is 23.2 Å². The summed E-state index contributed by atoms with van der Waals surface area (Å²) in [5, 5.41) is 0. The Morgan fingerprint density at radius 1 is 1.46 bits per heavy atom. The van der Waals surface area contributed by atoms with Crippen LogP contribution < -0.4 is 0 Å². The maximum atomic E-state index is 12.7. The Labute approximate surface area is 148 Å². The SMILES string of the molecule is CCC[C@@H]1C[C@H]1C(=O)N(C)C1CCCN(C(=O)c2scnc2C)C1. The van der Waals surface area contributed by atoms with Crippen LogP contribution in [0.25, 0.3) is 0 Å². The van der Waals surface area contributed by atoms with Crippen LogP contribution in [0.3, 0.4) is 0 Å². The molecule has 132 valence electrons. The highest BCUT2D eigenvalue weighted by atomic mass is 32.1. The molecule has 0 N–H and O–H groups in total. The average molecular weight is 350 g/mol. The van der Waals surface area contributed by atoms with Gasteiger partial charge in [0.1, 0.15) is 4.88 Å². The van der Waals surface area contributed by atoms with Gasteiger partial charge in [-0.15, -0.1) is 11.3 Å². The molecule has 0 spiro atoms. The smallest absolute Gasteiger partial charge is 0.265 e. The summed E-state index contributed by atoms with van der Waals surface area (Å²) in [4.78, 5) is 34.1. The molecule has 2 fully saturated rings. The van der Waals surface area contributed by atoms with Crippen LogP contribution in [0, 0.1) is 18.8 Å². The number of hydrogen-bond donors (Lipinski definition) is 0. The molecule has 6 heteroatoms. The number of piperidine rings is 1. The van der Waals surface area contributed by atoms with E-state index >= 15 is 0 Å². The van der Waals surface area contributed by atoms with Crippen LogP contribution >= 0.6 is 11.3 Å². The van der Waals surface area contributed by atoms with Crippen molar-refractivity contribution in [3.05, 3.63) is 16.1 Å². The molecule has 2 heterocycles. The van der Waals surface area contributed by atoms with Gasteiger partial charge in [0.05, 0.1) is 11.2 Å². The third-order valence-corrected chi connectivity index (χ3v) is 6.33. The minimum absolute atomic E-state index is 0.0656. The van der Waals surface area contributed by atoms with E-state index in [1.807, 2.05) is 23.8 Å². The summed E-state index contributed by atoms with van der Waals surface area (Å²) in [6.07, 6.45) is 5.29. The van der Waals surface area contributed by atoms with Gasteiger partial charge in [-0.3, -0.25) is 9.59 Å². The summed E-state index contributed by atoms with van der Waals surface area (Å²) < 4.78 is 0. The van der Waals surface area contributed by atoms with E-state index in [1.165, 1.54) is 11.3 Å². The summed E-state index contributed by atoms with van der Waals surface area (Å²) in [7, 11) is 1.92. The summed E-state index contributed by atoms with van der Waals surface area (Å²) in [6.45, 7) is 5.47. The number of aryl methyl sites for hydroxylation is 1. The van der Waals surface area contributed by atoms with Crippen LogP contribution in [0.5, 0.6) is 0 Å². The first-order valence-corrected chi connectivity index (χ1v) is 9.86. The van der Waals surface area contributed by atoms with Crippen molar-refractivity contribution < 1.29 is 9.59 Å². The molecule has 1 aliphatic heterocycles. The molecule has 0 aromatic carbocycles. The van der Waals surface area contributed by atoms with E-state index in [0.29, 0.717) is 12.5 Å². The summed E-state index contributed by atoms with van der Waals surface area (Å²) in [5.41, 5.74) is 2.53. The molecule has 1 unspecified atom stereocenters. The normalized spacial score (nSPS) is 26.3. The van der Waals surface area contributed by atoms with E-state index in [0.717, 1.165) is 49.2 Å². The second-order valence-electron chi connectivity index (χ2n) is 7.15. The van der Waals surface area contributed by atoms with Gasteiger partial charge in [-0.1, -0.05) is 13.3 Å². The fourth-order valence-corrected chi connectivity index (χ4v) is 4.56. The summed E-state index contributed by atoms with van der Waals surface area (Å²) in [6, 6.07) is 0.145. The molecule has 3 atom stereocenters. The van der Waals surface area contributed by atoms with Crippen LogP contribution in [0.4, 0.5) is 0 Å². The lowest BCUT2D eigenvalue weighted by atomic mass is 10.0. The molecular weight excluding hydrogens is 322 g/mol. The number of hydrogen-bond acceptors (Lipinski definition) is 4. The highest BCUT2D eigenvalue weighted by molar-refractivity contribution is 7.11. The minimum atomic E-state index is 0.0656. The molecule has 1 aliphatic carbocycles. The predicted molar refractivity (Wildman–Crippen MR) is 95.1 cm³/mol. The number of rotatable bonds is 5. The van der Waals surface area contributed by atoms with Crippen LogP contribution in [-0.4, -0.2) is 52.8 Å². The zero-order chi connectivity index (χ0) is 17.3. The van der Waals surface area contributed by atoms with Gasteiger partial charge in [-0.05, 0) is 38.5 Å². The number of amides is 2. The molecule has 0 radical (unpaired) electrons. The van der Waals surface area contributed by atoms with E-state index < -0.39 is 0 Å². The van der Waals surface area contributed by atoms with Gasteiger partial charge < -0.3 is 9.80 Å². The van der Waals surface area contributed by atoms with Crippen molar-refractivity contribution in [1.29, 1.82) is 0 Å². The van der Waals surface area contributed by atoms with Crippen LogP contribution in [-0.2, 0) is 4.79 Å². The standard InChI is InChI=1S/C18H27N3O2S/c1-4-6-13-9-15(13)17(22)20(3)14-7-5-8-21(10-14)18(23)16-12(2)19-11-24-16/h11,13-15H,4-10H2,1-3H3/t13-,14?,15-/m1/s1. The van der Waals surface area contributed by atoms with Crippen molar-refractivity contribution in [2.24, 2.45) is 11.8 Å². The molecular formula is C18H27N3O2S. The van der Waals surface area contributed by atoms with E-state index in [2.05, 4.69) is 11.9 Å². The third-order valence-electron chi connectivity index (χ3n) is 5.42. The molecule has 1 saturated carbocycles. The Morgan fingerprint density at radius 2 is 2.25 bits per heavy atom. The van der Waals surface area contributed by atoms with E-state index in [4.69, 9.17) is 0 Å². The second kappa shape index (κ2) is 7.21. The Hall–Kier alpha value is -1.43. The minimum Gasteiger partial charge on any atom is -0.341 e. The highest BCUT2D eigenvalue weighted by Crippen LogP contribution is 2.43. The predicted octanol–water partition coefficient (Wildman–Crippen LogP) is 2.95. The highest BCUT2D eigenvalue weighted by Gasteiger charge is 2.44. The molecule has 5 nitrogen and oxygen atoms in total. The molecule has 3 rings (SSSR count). The Kier molecular flexibility index (Phi) is 5.23. The first-order valence-electron chi connectivity index (χ1n) is 8.99. The maximum absolute atomic E-state index is 12.7. The van der Waals surface area contributed by atoms with E-state index in [9.17, 15) is 9.59 Å². The van der Waals surface area contributed by atoms with Crippen molar-refractivity contribution in [3.8, 4) is 0 Å². The lowest BCUT2D eigenvalue weighted by molar-refractivity contribution is -0.134. The van der Waals surface area contributed by atoms with Crippen molar-refractivity contribution in [1.82, 2.24) is 14.8 Å². The Balaban J connectivity index is 1.60. The number of likely N-dealkylation sites (N-methyl/N-ethyl adjacent to an activating group) is 1. The number of nitrogens with zero attached hydrogens (tertiary/aromatic N) is 3. The second-order valence-corrected chi connectivity index (χ2v) is 8.01. The number of likely N-dealkylation sites (tertiary alicyclic amines) is 1. The monoisotopic (exact) mass is 349 g/mol. The first-order chi connectivity index (χ1) is 11.5. The van der Waals surface area contributed by atoms with E-state index in [-0.39, 0.29) is 23.8 Å². The number of carbonyl (C=O) groups is 2. The van der Waals surface area contributed by atoms with Gasteiger partial charge in [-0.25, -0.2) is 4.98 Å². The molecule has 1 aromatic rings. The summed E-state index contributed by atoms with van der Waals surface area (Å²) >= 11 is 1.41. The average Bonchev–Trinajstić information content (AvgIpc) is 3.23. The lowest BCUT2D eigenvalue weighted by Gasteiger charge is -2.37. The van der Waals surface area contributed by atoms with Gasteiger partial charge in [0.2, 0.25) is 5.91 Å². The largest absolute Gasteiger partial charge is 0.341 e. The fraction of sp³-hybridized carbons (Fsp3) is 0.722. The molecule has 1 saturated heterocycles. The fourth-order valence-electron chi connectivity index (χ4n) is 3.79. The summed E-state index contributed by atoms with van der Waals surface area (Å²) in [5.74, 6) is 1.16. The zero-order valence-corrected chi connectivity index (χ0v) is 15.6. The Morgan fingerprint density at radius 3 is 2.92 bits per heavy atom. The molecule has 0 bridgehead atoms. The number of carbonyl (C=O) groups excluding carboxylic acids is 2. The van der Waals surface area contributed by atoms with Crippen molar-refractivity contribution in [2.75, 3.05) is 20.1 Å². The van der Waals surface area contributed by atoms with Gasteiger partial charge in [0.25, 0.3) is 5.91 Å². The van der Waals surface area contributed by atoms with E-state index in [1.54, 1.807) is 5.51 Å². The molecule has 24 heavy (non-hydrogen) atoms. The first kappa shape index (κ1) is 17.4. The molecule has 2 aliphatic rings. The molecule has 1 aromatic heterocycles. The molecule has 2 amide bonds. The van der Waals surface area contributed by atoms with Gasteiger partial charge in [0, 0.05) is 32.1 Å². The maximum Gasteiger partial charge on any atom is 0.265 e. The van der Waals surface area contributed by atoms with Crippen LogP contribution in [0.1, 0.15) is 54.4 Å². The van der Waals surface area contributed by atoms with Crippen molar-refractivity contribution in [3.63, 3.8) is 0 Å². The number of thiazole rings is 1. The van der Waals surface area contributed by atoms with Crippen LogP contribution in [0.15, 0.2) is 5.51 Å². The van der Waals surface area contributed by atoms with Gasteiger partial charge >= 0.3 is 0 Å². The lowest BCUT2D eigenvalue weighted by Crippen LogP contribution is -2.50. The third kappa shape index (κ3) is 3.48. The quantitative estimate of drug-likeness (QED) is 0.821. The Bertz CT molecular complexity index is 615. The van der Waals surface area contributed by atoms with Gasteiger partial charge in [-0.2, -0.15) is 0 Å². The topological polar surface area (TPSA) is 53.5 Å². The van der Waals surface area contributed by atoms with Crippen molar-refractivity contribution in [2.45, 2.75) is 52.0 Å².